The first-order valence-electron chi connectivity index (χ1n) is 9.21. The van der Waals surface area contributed by atoms with Gasteiger partial charge in [-0.2, -0.15) is 0 Å². The van der Waals surface area contributed by atoms with Crippen LogP contribution in [0.5, 0.6) is 0 Å². The van der Waals surface area contributed by atoms with Crippen LogP contribution >= 0.6 is 0 Å². The van der Waals surface area contributed by atoms with Crippen LogP contribution in [-0.4, -0.2) is 44.7 Å². The number of aliphatic hydroxyl groups is 3. The maximum atomic E-state index is 10.4. The molecule has 0 aromatic rings. The number of hydrogen-bond donors (Lipinski definition) is 4. The lowest BCUT2D eigenvalue weighted by atomic mass is 10.1. The van der Waals surface area contributed by atoms with E-state index < -0.39 is 24.3 Å². The molecule has 150 valence electrons. The second kappa shape index (κ2) is 17.2. The molecule has 3 atom stereocenters. The van der Waals surface area contributed by atoms with Crippen molar-refractivity contribution < 1.29 is 25.2 Å². The van der Waals surface area contributed by atoms with E-state index in [0.29, 0.717) is 6.42 Å². The van der Waals surface area contributed by atoms with E-state index in [2.05, 4.69) is 6.92 Å². The average Bonchev–Trinajstić information content (AvgIpc) is 2.64. The normalized spacial score (nSPS) is 16.6. The third-order valence-electron chi connectivity index (χ3n) is 3.46. The van der Waals surface area contributed by atoms with Gasteiger partial charge >= 0.3 is 5.97 Å². The summed E-state index contributed by atoms with van der Waals surface area (Å²) in [5, 5.41) is 37.4. The van der Waals surface area contributed by atoms with Crippen molar-refractivity contribution in [1.29, 1.82) is 0 Å². The lowest BCUT2D eigenvalue weighted by Crippen LogP contribution is -2.24. The summed E-state index contributed by atoms with van der Waals surface area (Å²) in [7, 11) is 0. The highest BCUT2D eigenvalue weighted by Gasteiger charge is 2.13. The summed E-state index contributed by atoms with van der Waals surface area (Å²) in [5.41, 5.74) is 0. The Kier molecular flexibility index (Phi) is 15.8. The molecule has 0 aromatic carbocycles. The highest BCUT2D eigenvalue weighted by Crippen LogP contribution is 2.04. The van der Waals surface area contributed by atoms with E-state index in [4.69, 9.17) is 5.11 Å². The van der Waals surface area contributed by atoms with E-state index in [9.17, 15) is 20.1 Å². The maximum Gasteiger partial charge on any atom is 0.303 e. The number of carbonyl (C=O) groups is 1. The lowest BCUT2D eigenvalue weighted by Gasteiger charge is -2.12. The van der Waals surface area contributed by atoms with Crippen molar-refractivity contribution in [2.24, 2.45) is 0 Å². The monoisotopic (exact) mass is 376 g/mol. The predicted molar refractivity (Wildman–Crippen MR) is 109 cm³/mol. The molecule has 0 rings (SSSR count). The van der Waals surface area contributed by atoms with Gasteiger partial charge in [-0.05, 0) is 25.7 Å². The molecule has 0 radical (unpaired) electrons. The third-order valence-corrected chi connectivity index (χ3v) is 3.46. The summed E-state index contributed by atoms with van der Waals surface area (Å²) in [6.45, 7) is 2.05. The SMILES string of the molecule is CC/C=C\C[C@H](O)/C=C/C=C\C\C=C/C=C/C=C/C(O)[C@H](O)CCC(=O)O. The van der Waals surface area contributed by atoms with Crippen LogP contribution in [0, 0.1) is 0 Å². The van der Waals surface area contributed by atoms with Crippen LogP contribution in [0.1, 0.15) is 39.0 Å². The maximum absolute atomic E-state index is 10.4. The quantitative estimate of drug-likeness (QED) is 0.275. The Morgan fingerprint density at radius 3 is 2.15 bits per heavy atom. The van der Waals surface area contributed by atoms with Gasteiger partial charge in [0.1, 0.15) is 0 Å². The topological polar surface area (TPSA) is 98.0 Å². The van der Waals surface area contributed by atoms with Gasteiger partial charge < -0.3 is 20.4 Å². The van der Waals surface area contributed by atoms with Gasteiger partial charge in [0.2, 0.25) is 0 Å². The standard InChI is InChI=1S/C22H32O5/c1-2-3-11-14-19(23)15-12-9-7-5-4-6-8-10-13-16-20(24)21(25)17-18-22(26)27/h3-4,6-13,15-16,19-21,23-25H,2,5,14,17-18H2,1H3,(H,26,27)/b6-4-,9-7-,10-8+,11-3-,15-12+,16-13+/t19-,20?,21+/m0/s1. The van der Waals surface area contributed by atoms with Crippen molar-refractivity contribution in [1.82, 2.24) is 0 Å². The van der Waals surface area contributed by atoms with Crippen LogP contribution in [0.4, 0.5) is 0 Å². The zero-order valence-corrected chi connectivity index (χ0v) is 15.9. The van der Waals surface area contributed by atoms with Gasteiger partial charge in [-0.1, -0.05) is 79.8 Å². The second-order valence-corrected chi connectivity index (χ2v) is 5.92. The van der Waals surface area contributed by atoms with Gasteiger partial charge in [0.25, 0.3) is 0 Å². The molecule has 0 aromatic heterocycles. The number of aliphatic carboxylic acids is 1. The molecule has 1 unspecified atom stereocenters. The summed E-state index contributed by atoms with van der Waals surface area (Å²) in [5.74, 6) is -1.000. The number of carboxylic acids is 1. The molecule has 4 N–H and O–H groups in total. The largest absolute Gasteiger partial charge is 0.481 e. The second-order valence-electron chi connectivity index (χ2n) is 5.92. The molecule has 0 spiro atoms. The Balaban J connectivity index is 3.98. The molecule has 5 heteroatoms. The fraction of sp³-hybridized carbons (Fsp3) is 0.409. The van der Waals surface area contributed by atoms with Crippen molar-refractivity contribution >= 4 is 5.97 Å². The summed E-state index contributed by atoms with van der Waals surface area (Å²) in [4.78, 5) is 10.4. The van der Waals surface area contributed by atoms with E-state index >= 15 is 0 Å². The van der Waals surface area contributed by atoms with Gasteiger partial charge in [0.15, 0.2) is 0 Å². The molecule has 0 aliphatic heterocycles. The lowest BCUT2D eigenvalue weighted by molar-refractivity contribution is -0.137. The van der Waals surface area contributed by atoms with Crippen LogP contribution in [-0.2, 0) is 4.79 Å². The van der Waals surface area contributed by atoms with E-state index in [1.165, 1.54) is 6.08 Å². The summed E-state index contributed by atoms with van der Waals surface area (Å²) >= 11 is 0. The highest BCUT2D eigenvalue weighted by atomic mass is 16.4. The molecule has 0 bridgehead atoms. The predicted octanol–water partition coefficient (Wildman–Crippen LogP) is 3.46. The smallest absolute Gasteiger partial charge is 0.303 e. The fourth-order valence-electron chi connectivity index (χ4n) is 1.94. The Morgan fingerprint density at radius 1 is 0.852 bits per heavy atom. The summed E-state index contributed by atoms with van der Waals surface area (Å²) in [6, 6.07) is 0. The molecular formula is C22H32O5. The van der Waals surface area contributed by atoms with Crippen molar-refractivity contribution in [2.45, 2.75) is 57.3 Å². The van der Waals surface area contributed by atoms with Crippen LogP contribution in [0.15, 0.2) is 72.9 Å². The molecule has 0 amide bonds. The molecule has 5 nitrogen and oxygen atoms in total. The number of rotatable bonds is 14. The number of allylic oxidation sites excluding steroid dienone is 9. The van der Waals surface area contributed by atoms with Crippen molar-refractivity contribution in [3.8, 4) is 0 Å². The van der Waals surface area contributed by atoms with Gasteiger partial charge in [-0.3, -0.25) is 4.79 Å². The molecule has 0 aliphatic carbocycles. The molecular weight excluding hydrogens is 344 g/mol. The first kappa shape index (κ1) is 24.8. The van der Waals surface area contributed by atoms with Crippen LogP contribution < -0.4 is 0 Å². The van der Waals surface area contributed by atoms with Crippen molar-refractivity contribution in [3.63, 3.8) is 0 Å². The minimum atomic E-state index is -1.08. The Hall–Kier alpha value is -2.21. The highest BCUT2D eigenvalue weighted by molar-refractivity contribution is 5.66. The molecule has 0 aliphatic rings. The van der Waals surface area contributed by atoms with Gasteiger partial charge in [0, 0.05) is 6.42 Å². The van der Waals surface area contributed by atoms with E-state index in [0.717, 1.165) is 12.8 Å². The average molecular weight is 376 g/mol. The van der Waals surface area contributed by atoms with Crippen LogP contribution in [0.25, 0.3) is 0 Å². The third kappa shape index (κ3) is 17.0. The first-order valence-corrected chi connectivity index (χ1v) is 9.21. The van der Waals surface area contributed by atoms with Crippen LogP contribution in [0.3, 0.4) is 0 Å². The summed E-state index contributed by atoms with van der Waals surface area (Å²) in [6.07, 6.45) is 21.3. The Morgan fingerprint density at radius 2 is 1.48 bits per heavy atom. The molecule has 0 saturated heterocycles. The minimum absolute atomic E-state index is 0.0116. The number of carboxylic acid groups (broad SMARTS) is 1. The molecule has 0 saturated carbocycles. The zero-order chi connectivity index (χ0) is 20.3. The molecule has 0 heterocycles. The first-order chi connectivity index (χ1) is 13.0. The van der Waals surface area contributed by atoms with E-state index in [1.54, 1.807) is 24.3 Å². The minimum Gasteiger partial charge on any atom is -0.481 e. The van der Waals surface area contributed by atoms with E-state index in [-0.39, 0.29) is 12.8 Å². The molecule has 27 heavy (non-hydrogen) atoms. The molecule has 0 fully saturated rings. The van der Waals surface area contributed by atoms with Gasteiger partial charge in [-0.25, -0.2) is 0 Å². The van der Waals surface area contributed by atoms with Gasteiger partial charge in [-0.15, -0.1) is 0 Å². The Bertz CT molecular complexity index is 555. The van der Waals surface area contributed by atoms with Crippen LogP contribution in [0.2, 0.25) is 0 Å². The zero-order valence-electron chi connectivity index (χ0n) is 15.9. The fourth-order valence-corrected chi connectivity index (χ4v) is 1.94. The Labute approximate surface area is 162 Å². The van der Waals surface area contributed by atoms with Gasteiger partial charge in [0.05, 0.1) is 18.3 Å². The van der Waals surface area contributed by atoms with E-state index in [1.807, 2.05) is 42.5 Å². The van der Waals surface area contributed by atoms with Crippen molar-refractivity contribution in [2.75, 3.05) is 0 Å². The number of hydrogen-bond acceptors (Lipinski definition) is 4. The van der Waals surface area contributed by atoms with Crippen molar-refractivity contribution in [3.05, 3.63) is 72.9 Å². The number of aliphatic hydroxyl groups excluding tert-OH is 3. The summed E-state index contributed by atoms with van der Waals surface area (Å²) < 4.78 is 0.